The lowest BCUT2D eigenvalue weighted by Crippen LogP contribution is -2.46. The van der Waals surface area contributed by atoms with Gasteiger partial charge in [-0.1, -0.05) is 0 Å². The molecule has 1 aromatic rings. The average Bonchev–Trinajstić information content (AvgIpc) is 1.97. The summed E-state index contributed by atoms with van der Waals surface area (Å²) >= 11 is 0. The first-order chi connectivity index (χ1) is 5.04. The molecule has 0 atom stereocenters. The van der Waals surface area contributed by atoms with Gasteiger partial charge in [-0.15, -0.1) is 9.46 Å². The van der Waals surface area contributed by atoms with Crippen LogP contribution in [0.4, 0.5) is 11.9 Å². The third-order valence-corrected chi connectivity index (χ3v) is 1.01. The van der Waals surface area contributed by atoms with Gasteiger partial charge in [-0.3, -0.25) is 0 Å². The van der Waals surface area contributed by atoms with Crippen LogP contribution >= 0.6 is 0 Å². The molecule has 0 saturated carbocycles. The highest BCUT2D eigenvalue weighted by Gasteiger charge is 2.19. The molecule has 0 aliphatic heterocycles. The maximum Gasteiger partial charge on any atom is 0.496 e. The van der Waals surface area contributed by atoms with Gasteiger partial charge in [0.05, 0.1) is 4.98 Å². The summed E-state index contributed by atoms with van der Waals surface area (Å²) in [6.45, 7) is 0. The summed E-state index contributed by atoms with van der Waals surface area (Å²) in [5.74, 6) is -1.15. The number of nitrogen functional groups attached to an aromatic ring is 2. The molecular formula is C3H5N5O3. The Bertz CT molecular complexity index is 273. The van der Waals surface area contributed by atoms with Gasteiger partial charge in [0.15, 0.2) is 0 Å². The van der Waals surface area contributed by atoms with Crippen LogP contribution in [0.1, 0.15) is 0 Å². The van der Waals surface area contributed by atoms with Crippen molar-refractivity contribution in [3.63, 3.8) is 0 Å². The highest BCUT2D eigenvalue weighted by molar-refractivity contribution is 5.15. The monoisotopic (exact) mass is 159 g/mol. The first kappa shape index (κ1) is 7.12. The molecule has 0 aliphatic carbocycles. The summed E-state index contributed by atoms with van der Waals surface area (Å²) in [7, 11) is 0. The normalized spacial score (nSPS) is 9.82. The van der Waals surface area contributed by atoms with E-state index in [0.29, 0.717) is 0 Å². The molecule has 0 radical (unpaired) electrons. The molecule has 0 unspecified atom stereocenters. The number of hydrogen-bond donors (Lipinski definition) is 3. The fraction of sp³-hybridized carbons (Fsp3) is 0. The Morgan fingerprint density at radius 2 is 1.55 bits per heavy atom. The Morgan fingerprint density at radius 1 is 1.18 bits per heavy atom. The van der Waals surface area contributed by atoms with Crippen molar-refractivity contribution < 1.29 is 14.6 Å². The fourth-order valence-corrected chi connectivity index (χ4v) is 0.496. The maximum absolute atomic E-state index is 10.5. The molecule has 0 bridgehead atoms. The number of rotatable bonds is 0. The van der Waals surface area contributed by atoms with Crippen LogP contribution in [-0.4, -0.2) is 10.1 Å². The molecule has 1 aromatic heterocycles. The SMILES string of the molecule is Nc1nc(N)[n+]([O-])c(O)[n+]1[O-]. The van der Waals surface area contributed by atoms with Crippen molar-refractivity contribution in [2.24, 2.45) is 0 Å². The highest BCUT2D eigenvalue weighted by atomic mass is 16.5. The van der Waals surface area contributed by atoms with Gasteiger partial charge in [0, 0.05) is 0 Å². The van der Waals surface area contributed by atoms with Crippen LogP contribution in [0, 0.1) is 10.4 Å². The minimum atomic E-state index is -1.14. The van der Waals surface area contributed by atoms with Crippen molar-refractivity contribution in [2.45, 2.75) is 0 Å². The Labute approximate surface area is 60.5 Å². The third-order valence-electron chi connectivity index (χ3n) is 1.01. The number of hydrogen-bond acceptors (Lipinski definition) is 6. The molecule has 8 heteroatoms. The predicted octanol–water partition coefficient (Wildman–Crippen LogP) is -2.78. The Morgan fingerprint density at radius 3 is 1.91 bits per heavy atom. The van der Waals surface area contributed by atoms with Crippen LogP contribution in [0.5, 0.6) is 6.01 Å². The van der Waals surface area contributed by atoms with Crippen LogP contribution in [0.2, 0.25) is 0 Å². The molecule has 0 fully saturated rings. The van der Waals surface area contributed by atoms with Crippen LogP contribution in [0.3, 0.4) is 0 Å². The summed E-state index contributed by atoms with van der Waals surface area (Å²) in [4.78, 5) is 3.13. The van der Waals surface area contributed by atoms with Crippen molar-refractivity contribution in [3.05, 3.63) is 10.4 Å². The second-order valence-electron chi connectivity index (χ2n) is 1.72. The van der Waals surface area contributed by atoms with Gasteiger partial charge in [-0.2, -0.15) is 0 Å². The molecule has 8 nitrogen and oxygen atoms in total. The van der Waals surface area contributed by atoms with Crippen molar-refractivity contribution in [1.82, 2.24) is 4.98 Å². The van der Waals surface area contributed by atoms with E-state index in [9.17, 15) is 10.4 Å². The second kappa shape index (κ2) is 2.01. The highest BCUT2D eigenvalue weighted by Crippen LogP contribution is 1.96. The van der Waals surface area contributed by atoms with Crippen LogP contribution in [0.25, 0.3) is 0 Å². The van der Waals surface area contributed by atoms with E-state index in [1.165, 1.54) is 0 Å². The van der Waals surface area contributed by atoms with Gasteiger partial charge in [-0.05, 0) is 0 Å². The summed E-state index contributed by atoms with van der Waals surface area (Å²) in [5, 5.41) is 29.8. The Hall–Kier alpha value is -1.99. The molecular weight excluding hydrogens is 154 g/mol. The zero-order chi connectivity index (χ0) is 8.59. The van der Waals surface area contributed by atoms with Crippen molar-refractivity contribution >= 4 is 11.9 Å². The molecule has 0 aromatic carbocycles. The first-order valence-electron chi connectivity index (χ1n) is 2.51. The summed E-state index contributed by atoms with van der Waals surface area (Å²) in [5.41, 5.74) is 9.88. The number of nitrogens with zero attached hydrogens (tertiary/aromatic N) is 3. The number of aromatic hydroxyl groups is 1. The lowest BCUT2D eigenvalue weighted by molar-refractivity contribution is -0.742. The molecule has 0 spiro atoms. The van der Waals surface area contributed by atoms with E-state index in [4.69, 9.17) is 16.6 Å². The fourth-order valence-electron chi connectivity index (χ4n) is 0.496. The van der Waals surface area contributed by atoms with Crippen molar-refractivity contribution in [1.29, 1.82) is 0 Å². The molecule has 1 rings (SSSR count). The van der Waals surface area contributed by atoms with E-state index < -0.39 is 17.9 Å². The van der Waals surface area contributed by atoms with Gasteiger partial charge < -0.3 is 21.3 Å². The second-order valence-corrected chi connectivity index (χ2v) is 1.72. The number of nitrogens with two attached hydrogens (primary N) is 2. The Balaban J connectivity index is 3.46. The first-order valence-corrected chi connectivity index (χ1v) is 2.51. The van der Waals surface area contributed by atoms with Crippen LogP contribution in [-0.2, 0) is 0 Å². The third kappa shape index (κ3) is 0.892. The topological polar surface area (TPSA) is 139 Å². The summed E-state index contributed by atoms with van der Waals surface area (Å²) in [6, 6.07) is -1.14. The van der Waals surface area contributed by atoms with E-state index in [1.54, 1.807) is 0 Å². The summed E-state index contributed by atoms with van der Waals surface area (Å²) < 4.78 is -0.466. The lowest BCUT2D eigenvalue weighted by Gasteiger charge is -2.06. The van der Waals surface area contributed by atoms with Gasteiger partial charge in [0.1, 0.15) is 0 Å². The molecule has 1 heterocycles. The van der Waals surface area contributed by atoms with E-state index >= 15 is 0 Å². The zero-order valence-electron chi connectivity index (χ0n) is 5.26. The van der Waals surface area contributed by atoms with Crippen LogP contribution in [0.15, 0.2) is 0 Å². The lowest BCUT2D eigenvalue weighted by atomic mass is 10.9. The van der Waals surface area contributed by atoms with Crippen LogP contribution < -0.4 is 20.9 Å². The smallest absolute Gasteiger partial charge is 0.496 e. The van der Waals surface area contributed by atoms with E-state index in [-0.39, 0.29) is 9.46 Å². The molecule has 0 aliphatic rings. The van der Waals surface area contributed by atoms with E-state index in [1.807, 2.05) is 0 Å². The predicted molar refractivity (Wildman–Crippen MR) is 32.6 cm³/mol. The van der Waals surface area contributed by atoms with Crippen molar-refractivity contribution in [3.8, 4) is 6.01 Å². The molecule has 0 amide bonds. The quantitative estimate of drug-likeness (QED) is 0.276. The maximum atomic E-state index is 10.5. The Kier molecular flexibility index (Phi) is 1.30. The zero-order valence-corrected chi connectivity index (χ0v) is 5.26. The molecule has 11 heavy (non-hydrogen) atoms. The minimum absolute atomic E-state index is 0.233. The molecule has 0 saturated heterocycles. The van der Waals surface area contributed by atoms with Gasteiger partial charge in [0.25, 0.3) is 0 Å². The molecule has 5 N–H and O–H groups in total. The van der Waals surface area contributed by atoms with E-state index in [0.717, 1.165) is 0 Å². The van der Waals surface area contributed by atoms with Gasteiger partial charge in [0.2, 0.25) is 0 Å². The van der Waals surface area contributed by atoms with Crippen molar-refractivity contribution in [2.75, 3.05) is 11.5 Å². The number of aromatic nitrogens is 3. The van der Waals surface area contributed by atoms with Gasteiger partial charge in [-0.25, -0.2) is 5.73 Å². The van der Waals surface area contributed by atoms with Gasteiger partial charge >= 0.3 is 17.9 Å². The standard InChI is InChI=1S/C3H5N5O3/c4-1-6-2(5)8(11)3(9)7(1)10/h9H,(H4,4,5,6). The molecule has 60 valence electrons. The largest absolute Gasteiger partial charge is 0.704 e. The summed E-state index contributed by atoms with van der Waals surface area (Å²) in [6.07, 6.45) is 0. The average molecular weight is 159 g/mol. The number of anilines is 2. The minimum Gasteiger partial charge on any atom is -0.704 e. The van der Waals surface area contributed by atoms with E-state index in [2.05, 4.69) is 4.98 Å².